The van der Waals surface area contributed by atoms with Gasteiger partial charge in [0.1, 0.15) is 5.82 Å². The van der Waals surface area contributed by atoms with E-state index in [0.29, 0.717) is 6.04 Å². The maximum Gasteiger partial charge on any atom is 0.154 e. The zero-order chi connectivity index (χ0) is 19.8. The van der Waals surface area contributed by atoms with E-state index in [-0.39, 0.29) is 6.10 Å². The largest absolute Gasteiger partial charge is 0.393 e. The maximum absolute atomic E-state index is 9.71. The Morgan fingerprint density at radius 1 is 1.03 bits per heavy atom. The third-order valence-corrected chi connectivity index (χ3v) is 5.47. The van der Waals surface area contributed by atoms with Gasteiger partial charge in [-0.3, -0.25) is 9.67 Å². The van der Waals surface area contributed by atoms with Gasteiger partial charge in [0.25, 0.3) is 0 Å². The van der Waals surface area contributed by atoms with E-state index in [1.807, 2.05) is 54.4 Å². The van der Waals surface area contributed by atoms with Crippen molar-refractivity contribution in [3.05, 3.63) is 49.1 Å². The molecule has 0 aliphatic heterocycles. The summed E-state index contributed by atoms with van der Waals surface area (Å²) in [5, 5.41) is 22.2. The number of nitrogens with zero attached hydrogens (tertiary/aromatic N) is 6. The molecule has 0 amide bonds. The van der Waals surface area contributed by atoms with Crippen LogP contribution < -0.4 is 5.32 Å². The SMILES string of the molecule is Cn1cc(-c2cc(-c3cnc4ccc(NC5CCC(O)CC5)nn34)ccn2)cn1. The Balaban J connectivity index is 1.46. The fourth-order valence-electron chi connectivity index (χ4n) is 3.88. The van der Waals surface area contributed by atoms with Crippen molar-refractivity contribution in [1.29, 1.82) is 0 Å². The minimum Gasteiger partial charge on any atom is -0.393 e. The Hall–Kier alpha value is -3.26. The van der Waals surface area contributed by atoms with Gasteiger partial charge in [-0.2, -0.15) is 5.10 Å². The lowest BCUT2D eigenvalue weighted by atomic mass is 9.93. The van der Waals surface area contributed by atoms with Crippen LogP contribution in [0.5, 0.6) is 0 Å². The first kappa shape index (κ1) is 17.8. The summed E-state index contributed by atoms with van der Waals surface area (Å²) in [5.41, 5.74) is 4.54. The number of rotatable bonds is 4. The molecule has 0 atom stereocenters. The van der Waals surface area contributed by atoms with Crippen LogP contribution in [-0.4, -0.2) is 46.6 Å². The molecule has 2 N–H and O–H groups in total. The first-order chi connectivity index (χ1) is 14.2. The van der Waals surface area contributed by atoms with Gasteiger partial charge in [-0.25, -0.2) is 9.50 Å². The lowest BCUT2D eigenvalue weighted by molar-refractivity contribution is 0.126. The number of aromatic nitrogens is 6. The molecular formula is C21H23N7O. The van der Waals surface area contributed by atoms with Gasteiger partial charge in [0.2, 0.25) is 0 Å². The van der Waals surface area contributed by atoms with Crippen LogP contribution in [0.4, 0.5) is 5.82 Å². The lowest BCUT2D eigenvalue weighted by Crippen LogP contribution is -2.28. The van der Waals surface area contributed by atoms with Gasteiger partial charge >= 0.3 is 0 Å². The molecule has 4 heterocycles. The molecule has 8 nitrogen and oxygen atoms in total. The van der Waals surface area contributed by atoms with Gasteiger partial charge in [0.05, 0.1) is 29.9 Å². The van der Waals surface area contributed by atoms with E-state index in [2.05, 4.69) is 20.4 Å². The molecule has 0 spiro atoms. The number of nitrogens with one attached hydrogen (secondary N) is 1. The normalized spacial score (nSPS) is 19.5. The highest BCUT2D eigenvalue weighted by atomic mass is 16.3. The Bertz CT molecular complexity index is 1140. The summed E-state index contributed by atoms with van der Waals surface area (Å²) in [6.45, 7) is 0. The van der Waals surface area contributed by atoms with Gasteiger partial charge < -0.3 is 10.4 Å². The standard InChI is InChI=1S/C21H23N7O/c1-27-13-15(11-24-27)18-10-14(8-9-22-18)19-12-23-21-7-6-20(26-28(19)21)25-16-2-4-17(29)5-3-16/h6-13,16-17,29H,2-5H2,1H3,(H,25,26). The molecule has 4 aromatic rings. The fourth-order valence-corrected chi connectivity index (χ4v) is 3.88. The van der Waals surface area contributed by atoms with E-state index >= 15 is 0 Å². The molecule has 0 aromatic carbocycles. The number of imidazole rings is 1. The quantitative estimate of drug-likeness (QED) is 0.557. The van der Waals surface area contributed by atoms with Crippen molar-refractivity contribution in [1.82, 2.24) is 29.4 Å². The zero-order valence-electron chi connectivity index (χ0n) is 16.2. The number of aliphatic hydroxyl groups excluding tert-OH is 1. The van der Waals surface area contributed by atoms with Crippen LogP contribution >= 0.6 is 0 Å². The van der Waals surface area contributed by atoms with Crippen molar-refractivity contribution in [3.8, 4) is 22.5 Å². The van der Waals surface area contributed by atoms with E-state index in [1.165, 1.54) is 0 Å². The molecule has 0 unspecified atom stereocenters. The highest BCUT2D eigenvalue weighted by molar-refractivity contribution is 5.69. The van der Waals surface area contributed by atoms with Crippen LogP contribution in [0.25, 0.3) is 28.2 Å². The summed E-state index contributed by atoms with van der Waals surface area (Å²) in [6.07, 6.45) is 10.8. The molecule has 29 heavy (non-hydrogen) atoms. The molecule has 5 rings (SSSR count). The molecule has 1 aliphatic carbocycles. The highest BCUT2D eigenvalue weighted by Crippen LogP contribution is 2.26. The van der Waals surface area contributed by atoms with Crippen LogP contribution in [0, 0.1) is 0 Å². The molecule has 8 heteroatoms. The van der Waals surface area contributed by atoms with Crippen LogP contribution in [-0.2, 0) is 7.05 Å². The van der Waals surface area contributed by atoms with Crippen molar-refractivity contribution in [2.45, 2.75) is 37.8 Å². The number of pyridine rings is 1. The Morgan fingerprint density at radius 3 is 2.69 bits per heavy atom. The van der Waals surface area contributed by atoms with Crippen molar-refractivity contribution in [2.75, 3.05) is 5.32 Å². The Morgan fingerprint density at radius 2 is 1.90 bits per heavy atom. The third-order valence-electron chi connectivity index (χ3n) is 5.47. The second-order valence-electron chi connectivity index (χ2n) is 7.61. The van der Waals surface area contributed by atoms with E-state index in [9.17, 15) is 5.11 Å². The molecule has 1 aliphatic rings. The van der Waals surface area contributed by atoms with Gasteiger partial charge in [0.15, 0.2) is 5.65 Å². The number of aliphatic hydroxyl groups is 1. The lowest BCUT2D eigenvalue weighted by Gasteiger charge is -2.26. The maximum atomic E-state index is 9.71. The number of anilines is 1. The van der Waals surface area contributed by atoms with E-state index in [0.717, 1.165) is 59.7 Å². The Kier molecular flexibility index (Phi) is 4.48. The first-order valence-corrected chi connectivity index (χ1v) is 9.90. The van der Waals surface area contributed by atoms with Gasteiger partial charge in [-0.15, -0.1) is 5.10 Å². The number of hydrogen-bond acceptors (Lipinski definition) is 6. The topological polar surface area (TPSA) is 93.2 Å². The molecule has 0 bridgehead atoms. The summed E-state index contributed by atoms with van der Waals surface area (Å²) in [6, 6.07) is 8.27. The number of aryl methyl sites for hydroxylation is 1. The monoisotopic (exact) mass is 389 g/mol. The minimum atomic E-state index is -0.163. The van der Waals surface area contributed by atoms with Crippen LogP contribution in [0.15, 0.2) is 49.1 Å². The van der Waals surface area contributed by atoms with Crippen molar-refractivity contribution >= 4 is 11.5 Å². The van der Waals surface area contributed by atoms with Crippen LogP contribution in [0.2, 0.25) is 0 Å². The second-order valence-corrected chi connectivity index (χ2v) is 7.61. The summed E-state index contributed by atoms with van der Waals surface area (Å²) in [5.74, 6) is 0.819. The minimum absolute atomic E-state index is 0.163. The Labute approximate surface area is 168 Å². The van der Waals surface area contributed by atoms with E-state index in [1.54, 1.807) is 10.9 Å². The van der Waals surface area contributed by atoms with Crippen LogP contribution in [0.3, 0.4) is 0 Å². The summed E-state index contributed by atoms with van der Waals surface area (Å²) in [7, 11) is 1.89. The number of fused-ring (bicyclic) bond motifs is 1. The van der Waals surface area contributed by atoms with Gasteiger partial charge in [0, 0.05) is 36.6 Å². The van der Waals surface area contributed by atoms with Crippen molar-refractivity contribution in [3.63, 3.8) is 0 Å². The third kappa shape index (κ3) is 3.58. The molecule has 0 saturated heterocycles. The molecule has 1 fully saturated rings. The predicted molar refractivity (Wildman–Crippen MR) is 110 cm³/mol. The molecule has 1 saturated carbocycles. The van der Waals surface area contributed by atoms with Crippen LogP contribution in [0.1, 0.15) is 25.7 Å². The highest BCUT2D eigenvalue weighted by Gasteiger charge is 2.20. The van der Waals surface area contributed by atoms with E-state index < -0.39 is 0 Å². The predicted octanol–water partition coefficient (Wildman–Crippen LogP) is 2.91. The second kappa shape index (κ2) is 7.29. The molecular weight excluding hydrogens is 366 g/mol. The molecule has 148 valence electrons. The molecule has 4 aromatic heterocycles. The van der Waals surface area contributed by atoms with Crippen molar-refractivity contribution < 1.29 is 5.11 Å². The molecule has 0 radical (unpaired) electrons. The average molecular weight is 389 g/mol. The van der Waals surface area contributed by atoms with Gasteiger partial charge in [-0.1, -0.05) is 0 Å². The summed E-state index contributed by atoms with van der Waals surface area (Å²) < 4.78 is 3.63. The van der Waals surface area contributed by atoms with Gasteiger partial charge in [-0.05, 0) is 49.9 Å². The average Bonchev–Trinajstić information content (AvgIpc) is 3.36. The van der Waals surface area contributed by atoms with Crippen molar-refractivity contribution in [2.24, 2.45) is 7.05 Å². The first-order valence-electron chi connectivity index (χ1n) is 9.90. The smallest absolute Gasteiger partial charge is 0.154 e. The summed E-state index contributed by atoms with van der Waals surface area (Å²) >= 11 is 0. The number of hydrogen-bond donors (Lipinski definition) is 2. The van der Waals surface area contributed by atoms with E-state index in [4.69, 9.17) is 5.10 Å². The zero-order valence-corrected chi connectivity index (χ0v) is 16.2. The fraction of sp³-hybridized carbons (Fsp3) is 0.333. The summed E-state index contributed by atoms with van der Waals surface area (Å²) in [4.78, 5) is 8.98.